The third-order valence-corrected chi connectivity index (χ3v) is 13.0. The van der Waals surface area contributed by atoms with Crippen LogP contribution in [0.25, 0.3) is 0 Å². The van der Waals surface area contributed by atoms with Gasteiger partial charge in [-0.15, -0.1) is 10.2 Å². The number of fused-ring (bicyclic) bond motifs is 3. The van der Waals surface area contributed by atoms with Crippen LogP contribution in [-0.4, -0.2) is 94.0 Å². The highest BCUT2D eigenvalue weighted by Crippen LogP contribution is 2.57. The van der Waals surface area contributed by atoms with E-state index in [1.807, 2.05) is 11.0 Å². The van der Waals surface area contributed by atoms with Gasteiger partial charge in [0.2, 0.25) is 5.91 Å². The van der Waals surface area contributed by atoms with Crippen LogP contribution in [-0.2, 0) is 16.6 Å². The van der Waals surface area contributed by atoms with Gasteiger partial charge in [0.15, 0.2) is 5.82 Å². The maximum absolute atomic E-state index is 14.0. The number of rotatable bonds is 10. The number of carbonyl (C=O) groups excluding carboxylic acids is 2. The van der Waals surface area contributed by atoms with E-state index < -0.39 is 5.41 Å². The lowest BCUT2D eigenvalue weighted by Gasteiger charge is -2.48. The summed E-state index contributed by atoms with van der Waals surface area (Å²) in [5, 5.41) is 30.2. The number of piperidine rings is 1. The molecule has 5 unspecified atom stereocenters. The molecule has 52 heavy (non-hydrogen) atoms. The van der Waals surface area contributed by atoms with Gasteiger partial charge in [0.25, 0.3) is 5.91 Å². The number of amides is 2. The number of hydrogen-bond acceptors (Lipinski definition) is 8. The number of nitrogens with one attached hydrogen (secondary N) is 2. The van der Waals surface area contributed by atoms with Crippen molar-refractivity contribution >= 4 is 11.8 Å². The molecule has 0 spiro atoms. The zero-order chi connectivity index (χ0) is 36.9. The average Bonchev–Trinajstić information content (AvgIpc) is 3.48. The molecule has 3 fully saturated rings. The van der Waals surface area contributed by atoms with Gasteiger partial charge in [-0.1, -0.05) is 54.6 Å². The van der Waals surface area contributed by atoms with Crippen LogP contribution >= 0.6 is 0 Å². The molecule has 0 radical (unpaired) electrons. The fourth-order valence-electron chi connectivity index (χ4n) is 10.2. The normalized spacial score (nSPS) is 29.5. The van der Waals surface area contributed by atoms with Gasteiger partial charge in [0, 0.05) is 51.5 Å². The molecule has 3 aliphatic carbocycles. The summed E-state index contributed by atoms with van der Waals surface area (Å²) in [5.41, 5.74) is 5.64. The molecule has 4 aliphatic rings. The predicted molar refractivity (Wildman–Crippen MR) is 199 cm³/mol. The molecule has 9 atom stereocenters. The molecule has 11 heteroatoms. The van der Waals surface area contributed by atoms with E-state index in [2.05, 4.69) is 97.6 Å². The molecular formula is C41H53N9O2. The Balaban J connectivity index is 1.33. The minimum Gasteiger partial charge on any atom is -0.381 e. The Morgan fingerprint density at radius 1 is 1.10 bits per heavy atom. The summed E-state index contributed by atoms with van der Waals surface area (Å²) in [7, 11) is 7.73. The van der Waals surface area contributed by atoms with Gasteiger partial charge in [-0.3, -0.25) is 9.59 Å². The second kappa shape index (κ2) is 14.1. The van der Waals surface area contributed by atoms with Crippen molar-refractivity contribution in [3.8, 4) is 6.07 Å². The lowest BCUT2D eigenvalue weighted by molar-refractivity contribution is -0.131. The van der Waals surface area contributed by atoms with Crippen LogP contribution in [0.3, 0.4) is 0 Å². The van der Waals surface area contributed by atoms with Gasteiger partial charge >= 0.3 is 0 Å². The second-order valence-electron chi connectivity index (χ2n) is 16.3. The number of tetrazole rings is 1. The van der Waals surface area contributed by atoms with E-state index >= 15 is 0 Å². The summed E-state index contributed by atoms with van der Waals surface area (Å²) in [6, 6.07) is 16.7. The Labute approximate surface area is 307 Å². The van der Waals surface area contributed by atoms with Crippen molar-refractivity contribution in [1.82, 2.24) is 40.6 Å². The first-order chi connectivity index (χ1) is 24.9. The van der Waals surface area contributed by atoms with Gasteiger partial charge in [0.1, 0.15) is 6.04 Å². The maximum Gasteiger partial charge on any atom is 0.253 e. The van der Waals surface area contributed by atoms with Crippen LogP contribution < -0.4 is 5.32 Å². The topological polar surface area (TPSA) is 134 Å². The SMILES string of the molecule is C=C(C1CCC2C(CCc3cc(C(=O)N(C)C)ccc3C2(C[C@H](NCC(=O)N2C(C#N)C[C@@H]3[C@H](C)[C@@H]32)c2ccc(C)cc2)c2nn[nH]n2)C1)N(C)C. The molecule has 3 aromatic rings. The summed E-state index contributed by atoms with van der Waals surface area (Å²) >= 11 is 0. The van der Waals surface area contributed by atoms with E-state index in [1.165, 1.54) is 0 Å². The van der Waals surface area contributed by atoms with Gasteiger partial charge in [-0.2, -0.15) is 10.5 Å². The third kappa shape index (κ3) is 6.29. The highest BCUT2D eigenvalue weighted by atomic mass is 16.2. The zero-order valence-corrected chi connectivity index (χ0v) is 31.5. The van der Waals surface area contributed by atoms with Crippen LogP contribution in [0.5, 0.6) is 0 Å². The van der Waals surface area contributed by atoms with Crippen molar-refractivity contribution in [2.45, 2.75) is 82.3 Å². The fraction of sp³-hybridized carbons (Fsp3) is 0.561. The van der Waals surface area contributed by atoms with Crippen LogP contribution in [0.4, 0.5) is 0 Å². The number of nitriles is 1. The number of allylic oxidation sites excluding steroid dienone is 1. The summed E-state index contributed by atoms with van der Waals surface area (Å²) in [5.74, 6) is 2.33. The minimum absolute atomic E-state index is 0.0252. The molecule has 2 heterocycles. The number of likely N-dealkylation sites (tertiary alicyclic amines) is 1. The van der Waals surface area contributed by atoms with Crippen LogP contribution in [0.15, 0.2) is 54.7 Å². The highest BCUT2D eigenvalue weighted by Gasteiger charge is 2.60. The van der Waals surface area contributed by atoms with E-state index in [4.69, 9.17) is 10.2 Å². The number of nitrogens with zero attached hydrogens (tertiary/aromatic N) is 7. The first-order valence-electron chi connectivity index (χ1n) is 18.9. The molecule has 2 N–H and O–H groups in total. The number of H-pyrrole nitrogens is 1. The van der Waals surface area contributed by atoms with E-state index in [9.17, 15) is 14.9 Å². The van der Waals surface area contributed by atoms with Crippen molar-refractivity contribution in [2.75, 3.05) is 34.7 Å². The molecule has 274 valence electrons. The third-order valence-electron chi connectivity index (χ3n) is 13.0. The smallest absolute Gasteiger partial charge is 0.253 e. The van der Waals surface area contributed by atoms with E-state index in [-0.39, 0.29) is 42.4 Å². The van der Waals surface area contributed by atoms with Crippen molar-refractivity contribution in [1.29, 1.82) is 5.26 Å². The molecule has 2 saturated carbocycles. The summed E-state index contributed by atoms with van der Waals surface area (Å²) in [6.45, 7) is 8.87. The summed E-state index contributed by atoms with van der Waals surface area (Å²) < 4.78 is 0. The second-order valence-corrected chi connectivity index (χ2v) is 16.3. The number of hydrogen-bond donors (Lipinski definition) is 2. The quantitative estimate of drug-likeness (QED) is 0.301. The molecule has 1 aliphatic heterocycles. The Bertz CT molecular complexity index is 1850. The average molecular weight is 704 g/mol. The predicted octanol–water partition coefficient (Wildman–Crippen LogP) is 5.03. The number of aryl methyl sites for hydroxylation is 2. The van der Waals surface area contributed by atoms with Crippen molar-refractivity contribution in [3.63, 3.8) is 0 Å². The zero-order valence-electron chi connectivity index (χ0n) is 31.5. The Morgan fingerprint density at radius 3 is 2.54 bits per heavy atom. The molecule has 11 nitrogen and oxygen atoms in total. The van der Waals surface area contributed by atoms with Gasteiger partial charge in [-0.05, 0) is 110 Å². The summed E-state index contributed by atoms with van der Waals surface area (Å²) in [6.07, 6.45) is 6.10. The Morgan fingerprint density at radius 2 is 1.87 bits per heavy atom. The highest BCUT2D eigenvalue weighted by molar-refractivity contribution is 5.94. The Hall–Kier alpha value is -4.56. The van der Waals surface area contributed by atoms with Gasteiger partial charge < -0.3 is 20.0 Å². The lowest BCUT2D eigenvalue weighted by Crippen LogP contribution is -2.48. The maximum atomic E-state index is 14.0. The van der Waals surface area contributed by atoms with Crippen LogP contribution in [0.2, 0.25) is 0 Å². The molecule has 7 rings (SSSR count). The monoisotopic (exact) mass is 703 g/mol. The number of aromatic nitrogens is 4. The molecule has 0 bridgehead atoms. The van der Waals surface area contributed by atoms with Crippen molar-refractivity contribution in [3.05, 3.63) is 88.4 Å². The lowest BCUT2D eigenvalue weighted by atomic mass is 9.56. The Kier molecular flexibility index (Phi) is 9.72. The van der Waals surface area contributed by atoms with Crippen molar-refractivity contribution < 1.29 is 9.59 Å². The standard InChI is InChI=1S/C41H53N9O2/c1-24-8-10-27(11-9-24)36(43-23-37(51)50-32(22-42)20-33-25(2)38(33)50)21-41(40-44-46-47-45-40)34-16-14-28(26(3)48(4)5)18-29(34)12-13-30-19-31(15-17-35(30)41)39(52)49(6)7/h8-11,15,17,19,25,28-29,32-34,36,38,43H,3,12-14,16,18,20-21,23H2,1-2,4-7H3,(H,44,45,46,47)/t25-,28?,29?,32?,33+,34?,36-,38-,41?/m0/s1. The minimum atomic E-state index is -0.682. The fourth-order valence-corrected chi connectivity index (χ4v) is 10.2. The number of carbonyl (C=O) groups is 2. The largest absolute Gasteiger partial charge is 0.381 e. The molecule has 2 amide bonds. The molecule has 2 aromatic carbocycles. The van der Waals surface area contributed by atoms with E-state index in [0.29, 0.717) is 41.5 Å². The van der Waals surface area contributed by atoms with Crippen molar-refractivity contribution in [2.24, 2.45) is 29.6 Å². The molecule has 1 saturated heterocycles. The van der Waals surface area contributed by atoms with Gasteiger partial charge in [-0.25, -0.2) is 0 Å². The first kappa shape index (κ1) is 35.8. The van der Waals surface area contributed by atoms with Gasteiger partial charge in [0.05, 0.1) is 18.0 Å². The first-order valence-corrected chi connectivity index (χ1v) is 18.9. The molecule has 1 aromatic heterocycles. The van der Waals surface area contributed by atoms with E-state index in [0.717, 1.165) is 66.5 Å². The van der Waals surface area contributed by atoms with Crippen LogP contribution in [0, 0.1) is 47.8 Å². The summed E-state index contributed by atoms with van der Waals surface area (Å²) in [4.78, 5) is 32.9. The number of benzene rings is 2. The van der Waals surface area contributed by atoms with E-state index in [1.54, 1.807) is 19.0 Å². The number of aromatic amines is 1. The molecular weight excluding hydrogens is 651 g/mol. The van der Waals surface area contributed by atoms with Crippen LogP contribution in [0.1, 0.15) is 89.9 Å².